The number of hydrogen-bond acceptors (Lipinski definition) is 3. The first kappa shape index (κ1) is 11.7. The number of aryl methyl sites for hydroxylation is 1. The van der Waals surface area contributed by atoms with Crippen LogP contribution in [0.25, 0.3) is 0 Å². The lowest BCUT2D eigenvalue weighted by molar-refractivity contribution is 0.289. The first-order valence-electron chi connectivity index (χ1n) is 4.96. The van der Waals surface area contributed by atoms with Gasteiger partial charge >= 0.3 is 0 Å². The molecule has 1 aromatic heterocycles. The van der Waals surface area contributed by atoms with Crippen molar-refractivity contribution < 1.29 is 4.42 Å². The number of hydrogen-bond donors (Lipinski definition) is 1. The monoisotopic (exact) mass is 213 g/mol. The second kappa shape index (κ2) is 5.47. The van der Waals surface area contributed by atoms with Crippen LogP contribution in [0.2, 0.25) is 0 Å². The molecular formula is C11H19NOS. The standard InChI is InChI=1S/C11H19NOS/c1-9(8-14)6-12(3)7-11-4-5-13-10(11)2/h4-5,9,14H,6-8H2,1-3H3. The van der Waals surface area contributed by atoms with Crippen molar-refractivity contribution in [3.63, 3.8) is 0 Å². The van der Waals surface area contributed by atoms with E-state index in [1.54, 1.807) is 6.26 Å². The normalized spacial score (nSPS) is 13.5. The molecule has 0 fully saturated rings. The van der Waals surface area contributed by atoms with Crippen LogP contribution in [-0.4, -0.2) is 24.2 Å². The molecule has 1 heterocycles. The summed E-state index contributed by atoms with van der Waals surface area (Å²) in [5, 5.41) is 0. The fourth-order valence-corrected chi connectivity index (χ4v) is 1.64. The molecule has 80 valence electrons. The summed E-state index contributed by atoms with van der Waals surface area (Å²) in [5.74, 6) is 2.60. The average molecular weight is 213 g/mol. The third kappa shape index (κ3) is 3.39. The Kier molecular flexibility index (Phi) is 4.55. The summed E-state index contributed by atoms with van der Waals surface area (Å²) < 4.78 is 5.25. The summed E-state index contributed by atoms with van der Waals surface area (Å²) in [4.78, 5) is 2.30. The summed E-state index contributed by atoms with van der Waals surface area (Å²) in [7, 11) is 2.13. The van der Waals surface area contributed by atoms with Crippen LogP contribution < -0.4 is 0 Å². The van der Waals surface area contributed by atoms with Crippen LogP contribution in [0.1, 0.15) is 18.2 Å². The maximum atomic E-state index is 5.25. The lowest BCUT2D eigenvalue weighted by Gasteiger charge is -2.19. The molecule has 1 aromatic rings. The summed E-state index contributed by atoms with van der Waals surface area (Å²) in [6, 6.07) is 2.04. The van der Waals surface area contributed by atoms with Gasteiger partial charge in [-0.25, -0.2) is 0 Å². The van der Waals surface area contributed by atoms with E-state index in [-0.39, 0.29) is 0 Å². The van der Waals surface area contributed by atoms with Gasteiger partial charge in [0.25, 0.3) is 0 Å². The molecule has 1 rings (SSSR count). The van der Waals surface area contributed by atoms with E-state index in [0.29, 0.717) is 5.92 Å². The molecular weight excluding hydrogens is 194 g/mol. The van der Waals surface area contributed by atoms with E-state index in [0.717, 1.165) is 24.6 Å². The first-order chi connectivity index (χ1) is 6.63. The highest BCUT2D eigenvalue weighted by atomic mass is 32.1. The van der Waals surface area contributed by atoms with Gasteiger partial charge in [-0.15, -0.1) is 0 Å². The smallest absolute Gasteiger partial charge is 0.105 e. The Labute approximate surface area is 91.7 Å². The molecule has 0 aliphatic rings. The van der Waals surface area contributed by atoms with Crippen LogP contribution in [0.15, 0.2) is 16.7 Å². The molecule has 0 aliphatic heterocycles. The molecule has 0 radical (unpaired) electrons. The van der Waals surface area contributed by atoms with Crippen molar-refractivity contribution in [2.75, 3.05) is 19.3 Å². The highest BCUT2D eigenvalue weighted by molar-refractivity contribution is 7.80. The molecule has 0 saturated carbocycles. The van der Waals surface area contributed by atoms with Gasteiger partial charge in [-0.3, -0.25) is 0 Å². The zero-order valence-electron chi connectivity index (χ0n) is 9.16. The summed E-state index contributed by atoms with van der Waals surface area (Å²) in [6.07, 6.45) is 1.75. The second-order valence-corrected chi connectivity index (χ2v) is 4.35. The van der Waals surface area contributed by atoms with Crippen molar-refractivity contribution >= 4 is 12.6 Å². The van der Waals surface area contributed by atoms with E-state index in [2.05, 4.69) is 31.5 Å². The maximum absolute atomic E-state index is 5.25. The zero-order valence-corrected chi connectivity index (χ0v) is 10.1. The minimum atomic E-state index is 0.635. The molecule has 0 N–H and O–H groups in total. The van der Waals surface area contributed by atoms with Crippen molar-refractivity contribution in [3.05, 3.63) is 23.7 Å². The number of rotatable bonds is 5. The predicted molar refractivity (Wildman–Crippen MR) is 62.8 cm³/mol. The third-order valence-corrected chi connectivity index (χ3v) is 2.96. The van der Waals surface area contributed by atoms with Gasteiger partial charge in [0, 0.05) is 18.7 Å². The van der Waals surface area contributed by atoms with Crippen LogP contribution in [0.5, 0.6) is 0 Å². The highest BCUT2D eigenvalue weighted by Crippen LogP contribution is 2.12. The van der Waals surface area contributed by atoms with E-state index >= 15 is 0 Å². The van der Waals surface area contributed by atoms with E-state index in [1.165, 1.54) is 5.56 Å². The lowest BCUT2D eigenvalue weighted by atomic mass is 10.2. The van der Waals surface area contributed by atoms with Gasteiger partial charge in [0.2, 0.25) is 0 Å². The van der Waals surface area contributed by atoms with Crippen LogP contribution in [0.3, 0.4) is 0 Å². The fourth-order valence-electron chi connectivity index (χ4n) is 1.52. The lowest BCUT2D eigenvalue weighted by Crippen LogP contribution is -2.24. The van der Waals surface area contributed by atoms with Crippen molar-refractivity contribution in [3.8, 4) is 0 Å². The highest BCUT2D eigenvalue weighted by Gasteiger charge is 2.08. The van der Waals surface area contributed by atoms with E-state index in [4.69, 9.17) is 4.42 Å². The van der Waals surface area contributed by atoms with Crippen LogP contribution in [-0.2, 0) is 6.54 Å². The molecule has 1 unspecified atom stereocenters. The summed E-state index contributed by atoms with van der Waals surface area (Å²) >= 11 is 4.28. The van der Waals surface area contributed by atoms with Gasteiger partial charge in [0.1, 0.15) is 5.76 Å². The second-order valence-electron chi connectivity index (χ2n) is 3.99. The Bertz CT molecular complexity index is 272. The van der Waals surface area contributed by atoms with Gasteiger partial charge < -0.3 is 9.32 Å². The van der Waals surface area contributed by atoms with Gasteiger partial charge in [0.15, 0.2) is 0 Å². The molecule has 0 amide bonds. The van der Waals surface area contributed by atoms with E-state index in [1.807, 2.05) is 13.0 Å². The Morgan fingerprint density at radius 2 is 2.29 bits per heavy atom. The Hall–Kier alpha value is -0.410. The molecule has 1 atom stereocenters. The number of nitrogens with zero attached hydrogens (tertiary/aromatic N) is 1. The van der Waals surface area contributed by atoms with Crippen LogP contribution >= 0.6 is 12.6 Å². The summed E-state index contributed by atoms with van der Waals surface area (Å²) in [6.45, 7) is 6.26. The van der Waals surface area contributed by atoms with Crippen molar-refractivity contribution in [2.45, 2.75) is 20.4 Å². The van der Waals surface area contributed by atoms with E-state index in [9.17, 15) is 0 Å². The quantitative estimate of drug-likeness (QED) is 0.757. The van der Waals surface area contributed by atoms with Crippen molar-refractivity contribution in [1.82, 2.24) is 4.90 Å². The van der Waals surface area contributed by atoms with Crippen molar-refractivity contribution in [2.24, 2.45) is 5.92 Å². The molecule has 0 aliphatic carbocycles. The molecule has 0 spiro atoms. The summed E-state index contributed by atoms with van der Waals surface area (Å²) in [5.41, 5.74) is 1.28. The Morgan fingerprint density at radius 3 is 2.79 bits per heavy atom. The minimum absolute atomic E-state index is 0.635. The number of furan rings is 1. The molecule has 14 heavy (non-hydrogen) atoms. The zero-order chi connectivity index (χ0) is 10.6. The molecule has 3 heteroatoms. The molecule has 0 aromatic carbocycles. The van der Waals surface area contributed by atoms with Gasteiger partial charge in [-0.05, 0) is 31.7 Å². The first-order valence-corrected chi connectivity index (χ1v) is 5.59. The molecule has 0 saturated heterocycles. The number of thiol groups is 1. The third-order valence-electron chi connectivity index (χ3n) is 2.34. The SMILES string of the molecule is Cc1occc1CN(C)CC(C)CS. The molecule has 0 bridgehead atoms. The molecule has 2 nitrogen and oxygen atoms in total. The van der Waals surface area contributed by atoms with Crippen LogP contribution in [0, 0.1) is 12.8 Å². The Morgan fingerprint density at radius 1 is 1.57 bits per heavy atom. The van der Waals surface area contributed by atoms with Crippen LogP contribution in [0.4, 0.5) is 0 Å². The fraction of sp³-hybridized carbons (Fsp3) is 0.636. The van der Waals surface area contributed by atoms with Gasteiger partial charge in [0.05, 0.1) is 6.26 Å². The topological polar surface area (TPSA) is 16.4 Å². The van der Waals surface area contributed by atoms with Crippen molar-refractivity contribution in [1.29, 1.82) is 0 Å². The largest absolute Gasteiger partial charge is 0.469 e. The average Bonchev–Trinajstić information content (AvgIpc) is 2.51. The van der Waals surface area contributed by atoms with E-state index < -0.39 is 0 Å². The van der Waals surface area contributed by atoms with Gasteiger partial charge in [-0.2, -0.15) is 12.6 Å². The maximum Gasteiger partial charge on any atom is 0.105 e. The van der Waals surface area contributed by atoms with Gasteiger partial charge in [-0.1, -0.05) is 6.92 Å². The predicted octanol–water partition coefficient (Wildman–Crippen LogP) is 2.59. The Balaban J connectivity index is 2.41. The minimum Gasteiger partial charge on any atom is -0.469 e.